The van der Waals surface area contributed by atoms with Gasteiger partial charge in [0.2, 0.25) is 0 Å². The van der Waals surface area contributed by atoms with E-state index < -0.39 is 0 Å². The zero-order chi connectivity index (χ0) is 12.3. The third kappa shape index (κ3) is 3.30. The molecule has 94 valence electrons. The first-order valence-electron chi connectivity index (χ1n) is 6.72. The molecule has 0 bridgehead atoms. The maximum absolute atomic E-state index is 3.43. The summed E-state index contributed by atoms with van der Waals surface area (Å²) < 4.78 is 1.17. The molecule has 1 fully saturated rings. The summed E-state index contributed by atoms with van der Waals surface area (Å²) in [5.41, 5.74) is 2.91. The fourth-order valence-electron chi connectivity index (χ4n) is 2.54. The van der Waals surface area contributed by atoms with Gasteiger partial charge >= 0.3 is 0 Å². The SMILES string of the molecule is CC(C)c1ccc(C[N+]2(C)CCNCC2)cc1. The van der Waals surface area contributed by atoms with Crippen molar-refractivity contribution >= 4 is 0 Å². The van der Waals surface area contributed by atoms with Gasteiger partial charge in [-0.05, 0) is 11.5 Å². The lowest BCUT2D eigenvalue weighted by molar-refractivity contribution is -0.924. The Labute approximate surface area is 105 Å². The fourth-order valence-corrected chi connectivity index (χ4v) is 2.54. The second-order valence-corrected chi connectivity index (χ2v) is 5.87. The first-order valence-corrected chi connectivity index (χ1v) is 6.72. The molecular formula is C15H25N2+. The highest BCUT2D eigenvalue weighted by atomic mass is 15.4. The van der Waals surface area contributed by atoms with Crippen LogP contribution in [-0.2, 0) is 6.54 Å². The highest BCUT2D eigenvalue weighted by Gasteiger charge is 2.24. The lowest BCUT2D eigenvalue weighted by Crippen LogP contribution is -2.55. The fraction of sp³-hybridized carbons (Fsp3) is 0.600. The number of piperazine rings is 1. The molecule has 0 atom stereocenters. The molecule has 2 rings (SSSR count). The molecular weight excluding hydrogens is 208 g/mol. The molecule has 2 heteroatoms. The van der Waals surface area contributed by atoms with Crippen molar-refractivity contribution in [3.8, 4) is 0 Å². The summed E-state index contributed by atoms with van der Waals surface area (Å²) in [6.07, 6.45) is 0. The molecule has 0 aromatic heterocycles. The minimum atomic E-state index is 0.632. The zero-order valence-corrected chi connectivity index (χ0v) is 11.4. The van der Waals surface area contributed by atoms with Crippen molar-refractivity contribution in [2.24, 2.45) is 0 Å². The molecule has 0 saturated carbocycles. The maximum Gasteiger partial charge on any atom is 0.104 e. The number of nitrogens with one attached hydrogen (secondary N) is 1. The molecule has 1 aromatic carbocycles. The third-order valence-corrected chi connectivity index (χ3v) is 3.87. The Morgan fingerprint density at radius 1 is 1.12 bits per heavy atom. The molecule has 0 radical (unpaired) electrons. The summed E-state index contributed by atoms with van der Waals surface area (Å²) in [7, 11) is 2.37. The lowest BCUT2D eigenvalue weighted by Gasteiger charge is -2.38. The Morgan fingerprint density at radius 2 is 1.71 bits per heavy atom. The van der Waals surface area contributed by atoms with Crippen molar-refractivity contribution in [1.82, 2.24) is 5.32 Å². The van der Waals surface area contributed by atoms with Gasteiger partial charge in [0.15, 0.2) is 0 Å². The average Bonchev–Trinajstić information content (AvgIpc) is 2.30. The number of hydrogen-bond donors (Lipinski definition) is 1. The van der Waals surface area contributed by atoms with E-state index in [2.05, 4.69) is 50.5 Å². The van der Waals surface area contributed by atoms with E-state index in [-0.39, 0.29) is 0 Å². The summed E-state index contributed by atoms with van der Waals surface area (Å²) in [5.74, 6) is 0.632. The van der Waals surface area contributed by atoms with E-state index in [1.165, 1.54) is 35.2 Å². The van der Waals surface area contributed by atoms with E-state index in [4.69, 9.17) is 0 Å². The van der Waals surface area contributed by atoms with Crippen LogP contribution in [0, 0.1) is 0 Å². The van der Waals surface area contributed by atoms with Crippen molar-refractivity contribution in [3.63, 3.8) is 0 Å². The standard InChI is InChI=1S/C15H25N2/c1-13(2)15-6-4-14(5-7-15)12-17(3)10-8-16-9-11-17/h4-7,13,16H,8-12H2,1-3H3/q+1. The van der Waals surface area contributed by atoms with Gasteiger partial charge in [-0.15, -0.1) is 0 Å². The maximum atomic E-state index is 3.43. The minimum absolute atomic E-state index is 0.632. The predicted molar refractivity (Wildman–Crippen MR) is 73.0 cm³/mol. The van der Waals surface area contributed by atoms with Crippen LogP contribution in [-0.4, -0.2) is 37.7 Å². The molecule has 1 saturated heterocycles. The minimum Gasteiger partial charge on any atom is -0.320 e. The smallest absolute Gasteiger partial charge is 0.104 e. The second kappa shape index (κ2) is 5.19. The van der Waals surface area contributed by atoms with Crippen molar-refractivity contribution in [1.29, 1.82) is 0 Å². The average molecular weight is 233 g/mol. The number of rotatable bonds is 3. The molecule has 1 aliphatic heterocycles. The van der Waals surface area contributed by atoms with Crippen molar-refractivity contribution in [2.45, 2.75) is 26.3 Å². The van der Waals surface area contributed by atoms with Crippen LogP contribution >= 0.6 is 0 Å². The molecule has 0 unspecified atom stereocenters. The van der Waals surface area contributed by atoms with Gasteiger partial charge in [-0.1, -0.05) is 38.1 Å². The first kappa shape index (κ1) is 12.6. The van der Waals surface area contributed by atoms with Gasteiger partial charge in [0.1, 0.15) is 6.54 Å². The van der Waals surface area contributed by atoms with Crippen LogP contribution < -0.4 is 5.32 Å². The summed E-state index contributed by atoms with van der Waals surface area (Å²) in [5, 5.41) is 3.43. The van der Waals surface area contributed by atoms with E-state index in [0.29, 0.717) is 5.92 Å². The summed E-state index contributed by atoms with van der Waals surface area (Å²) in [4.78, 5) is 0. The van der Waals surface area contributed by atoms with Crippen molar-refractivity contribution in [3.05, 3.63) is 35.4 Å². The molecule has 17 heavy (non-hydrogen) atoms. The van der Waals surface area contributed by atoms with E-state index in [1.54, 1.807) is 0 Å². The first-order chi connectivity index (χ1) is 8.09. The van der Waals surface area contributed by atoms with Gasteiger partial charge in [-0.2, -0.15) is 0 Å². The summed E-state index contributed by atoms with van der Waals surface area (Å²) in [6.45, 7) is 10.5. The molecule has 1 N–H and O–H groups in total. The Balaban J connectivity index is 2.03. The number of quaternary nitrogens is 1. The van der Waals surface area contributed by atoms with Crippen LogP contribution in [0.25, 0.3) is 0 Å². The normalized spacial score (nSPS) is 19.5. The molecule has 1 aliphatic rings. The molecule has 2 nitrogen and oxygen atoms in total. The van der Waals surface area contributed by atoms with Gasteiger partial charge in [-0.25, -0.2) is 0 Å². The highest BCUT2D eigenvalue weighted by molar-refractivity contribution is 5.24. The molecule has 0 amide bonds. The zero-order valence-electron chi connectivity index (χ0n) is 11.4. The lowest BCUT2D eigenvalue weighted by atomic mass is 10.0. The topological polar surface area (TPSA) is 12.0 Å². The van der Waals surface area contributed by atoms with Gasteiger partial charge in [0.25, 0.3) is 0 Å². The Morgan fingerprint density at radius 3 is 2.24 bits per heavy atom. The largest absolute Gasteiger partial charge is 0.320 e. The van der Waals surface area contributed by atoms with Gasteiger partial charge < -0.3 is 9.80 Å². The van der Waals surface area contributed by atoms with Crippen LogP contribution in [0.4, 0.5) is 0 Å². The van der Waals surface area contributed by atoms with Gasteiger partial charge in [-0.3, -0.25) is 0 Å². The van der Waals surface area contributed by atoms with Gasteiger partial charge in [0, 0.05) is 18.7 Å². The quantitative estimate of drug-likeness (QED) is 0.790. The Kier molecular flexibility index (Phi) is 3.85. The number of benzene rings is 1. The highest BCUT2D eigenvalue weighted by Crippen LogP contribution is 2.18. The van der Waals surface area contributed by atoms with Crippen LogP contribution in [0.2, 0.25) is 0 Å². The Hall–Kier alpha value is -0.860. The van der Waals surface area contributed by atoms with E-state index >= 15 is 0 Å². The monoisotopic (exact) mass is 233 g/mol. The van der Waals surface area contributed by atoms with Gasteiger partial charge in [0.05, 0.1) is 20.1 Å². The molecule has 1 aromatic rings. The van der Waals surface area contributed by atoms with Crippen LogP contribution in [0.3, 0.4) is 0 Å². The predicted octanol–water partition coefficient (Wildman–Crippen LogP) is 2.36. The van der Waals surface area contributed by atoms with Crippen LogP contribution in [0.5, 0.6) is 0 Å². The van der Waals surface area contributed by atoms with E-state index in [9.17, 15) is 0 Å². The molecule has 0 spiro atoms. The second-order valence-electron chi connectivity index (χ2n) is 5.87. The van der Waals surface area contributed by atoms with E-state index in [1.807, 2.05) is 0 Å². The Bertz CT molecular complexity index is 348. The van der Waals surface area contributed by atoms with Crippen molar-refractivity contribution in [2.75, 3.05) is 33.2 Å². The number of nitrogens with zero attached hydrogens (tertiary/aromatic N) is 1. The number of likely N-dealkylation sites (N-methyl/N-ethyl adjacent to an activating group) is 1. The van der Waals surface area contributed by atoms with Crippen LogP contribution in [0.1, 0.15) is 30.9 Å². The van der Waals surface area contributed by atoms with E-state index in [0.717, 1.165) is 13.1 Å². The summed E-state index contributed by atoms with van der Waals surface area (Å²) in [6, 6.07) is 9.18. The molecule has 1 heterocycles. The molecule has 0 aliphatic carbocycles. The third-order valence-electron chi connectivity index (χ3n) is 3.87. The van der Waals surface area contributed by atoms with Crippen LogP contribution in [0.15, 0.2) is 24.3 Å². The number of hydrogen-bond acceptors (Lipinski definition) is 1. The summed E-state index contributed by atoms with van der Waals surface area (Å²) >= 11 is 0. The van der Waals surface area contributed by atoms with Crippen molar-refractivity contribution < 1.29 is 4.48 Å².